The van der Waals surface area contributed by atoms with E-state index in [2.05, 4.69) is 25.4 Å². The van der Waals surface area contributed by atoms with Crippen molar-refractivity contribution in [3.8, 4) is 0 Å². The molecule has 6 heavy (non-hydrogen) atoms. The summed E-state index contributed by atoms with van der Waals surface area (Å²) in [6.07, 6.45) is 0. The van der Waals surface area contributed by atoms with Crippen LogP contribution in [0.1, 0.15) is 0 Å². The minimum absolute atomic E-state index is 2.83. The average Bonchev–Trinajstić information content (AvgIpc) is 1.69. The van der Waals surface area contributed by atoms with Gasteiger partial charge in [-0.15, -0.1) is 0 Å². The summed E-state index contributed by atoms with van der Waals surface area (Å²) >= 11 is 0. The Balaban J connectivity index is 2.45. The van der Waals surface area contributed by atoms with Crippen molar-refractivity contribution in [1.29, 1.82) is 1.43 Å². The Morgan fingerprint density at radius 3 is 2.50 bits per heavy atom. The third-order valence-corrected chi connectivity index (χ3v) is 0.0860. The van der Waals surface area contributed by atoms with Gasteiger partial charge < -0.3 is 0 Å². The van der Waals surface area contributed by atoms with Crippen molar-refractivity contribution in [3.05, 3.63) is 0 Å². The van der Waals surface area contributed by atoms with E-state index in [4.69, 9.17) is 6.69 Å². The van der Waals surface area contributed by atoms with Crippen molar-refractivity contribution >= 4 is 0 Å². The molecule has 2 N–H and O–H groups in total. The van der Waals surface area contributed by atoms with E-state index < -0.39 is 0 Å². The Kier molecular flexibility index (Phi) is 3.12. The van der Waals surface area contributed by atoms with Gasteiger partial charge in [-0.1, -0.05) is 0 Å². The second-order valence-corrected chi connectivity index (χ2v) is 0.279. The SMILES string of the molecule is [2H]OOOOOO. The fourth-order valence-corrected chi connectivity index (χ4v) is 0.0238. The Labute approximate surface area is 33.6 Å². The maximum atomic E-state index is 7.25. The lowest BCUT2D eigenvalue weighted by Gasteiger charge is -1.84. The van der Waals surface area contributed by atoms with Gasteiger partial charge in [0.1, 0.15) is 0 Å². The van der Waals surface area contributed by atoms with E-state index in [-0.39, 0.29) is 0 Å². The first-order valence-electron chi connectivity index (χ1n) is 1.26. The molecule has 0 aliphatic carbocycles. The van der Waals surface area contributed by atoms with E-state index in [0.29, 0.717) is 0 Å². The molecule has 0 heterocycles. The maximum absolute atomic E-state index is 7.25. The van der Waals surface area contributed by atoms with E-state index in [1.54, 1.807) is 0 Å². The van der Waals surface area contributed by atoms with Gasteiger partial charge in [0.25, 0.3) is 1.43 Å². The Hall–Kier alpha value is -0.240. The highest BCUT2D eigenvalue weighted by Crippen LogP contribution is 1.71. The third kappa shape index (κ3) is 3.76. The highest BCUT2D eigenvalue weighted by molar-refractivity contribution is 2.86. The summed E-state index contributed by atoms with van der Waals surface area (Å²) in [5.74, 6) is 0. The van der Waals surface area contributed by atoms with Crippen LogP contribution in [0.25, 0.3) is 1.43 Å². The molecule has 0 amide bonds. The quantitative estimate of drug-likeness (QED) is 0.287. The molecule has 0 unspecified atom stereocenters. The van der Waals surface area contributed by atoms with Gasteiger partial charge in [0.2, 0.25) is 0 Å². The minimum atomic E-state index is 2.83. The molecule has 6 heteroatoms. The van der Waals surface area contributed by atoms with Crippen LogP contribution in [0.15, 0.2) is 0 Å². The molecule has 0 atom stereocenters. The van der Waals surface area contributed by atoms with E-state index in [1.807, 2.05) is 0 Å². The summed E-state index contributed by atoms with van der Waals surface area (Å²) in [7, 11) is 0. The van der Waals surface area contributed by atoms with Crippen molar-refractivity contribution in [2.45, 2.75) is 0 Å². The number of hydrogen-bond acceptors (Lipinski definition) is 6. The average molecular weight is 99.0 g/mol. The summed E-state index contributed by atoms with van der Waals surface area (Å²) in [6.45, 7) is 0. The largest absolute Gasteiger partial charge is 0.258 e. The highest BCUT2D eigenvalue weighted by Gasteiger charge is 1.77. The second-order valence-electron chi connectivity index (χ2n) is 0.279. The fourth-order valence-electron chi connectivity index (χ4n) is 0.0238. The van der Waals surface area contributed by atoms with Gasteiger partial charge in [-0.25, -0.2) is 10.5 Å². The van der Waals surface area contributed by atoms with Crippen molar-refractivity contribution in [2.24, 2.45) is 0 Å². The zero-order valence-corrected chi connectivity index (χ0v) is 2.49. The predicted molar refractivity (Wildman–Crippen MR) is 9.60 cm³/mol. The molecule has 38 valence electrons. The molecule has 0 aromatic rings. The normalized spacial score (nSPS) is 11.2. The van der Waals surface area contributed by atoms with Crippen LogP contribution in [0.4, 0.5) is 0 Å². The topological polar surface area (TPSA) is 77.4 Å². The van der Waals surface area contributed by atoms with Crippen LogP contribution in [-0.2, 0) is 20.2 Å². The van der Waals surface area contributed by atoms with Crippen LogP contribution < -0.4 is 0 Å². The fraction of sp³-hybridized carbons (Fsp3) is 0. The molecule has 0 bridgehead atoms. The van der Waals surface area contributed by atoms with Crippen molar-refractivity contribution in [3.63, 3.8) is 0 Å². The van der Waals surface area contributed by atoms with Crippen molar-refractivity contribution < 1.29 is 30.7 Å². The van der Waals surface area contributed by atoms with E-state index in [1.165, 1.54) is 0 Å². The number of hydrogen-bond donors (Lipinski definition) is 2. The van der Waals surface area contributed by atoms with Crippen LogP contribution in [0.2, 0.25) is 0 Å². The molecule has 0 aliphatic heterocycles. The summed E-state index contributed by atoms with van der Waals surface area (Å²) < 4.78 is 5.72. The first kappa shape index (κ1) is 3.93. The smallest absolute Gasteiger partial charge is 0.219 e. The predicted octanol–water partition coefficient (Wildman–Crippen LogP) is -0.256. The Morgan fingerprint density at radius 1 is 1.33 bits per heavy atom. The van der Waals surface area contributed by atoms with Crippen LogP contribution in [0.3, 0.4) is 0 Å². The zero-order chi connectivity index (χ0) is 5.54. The van der Waals surface area contributed by atoms with Crippen LogP contribution in [0, 0.1) is 0 Å². The Bertz CT molecular complexity index is 23.4. The summed E-state index contributed by atoms with van der Waals surface area (Å²) in [5, 5.41) is 22.8. The molecule has 6 nitrogen and oxygen atoms in total. The van der Waals surface area contributed by atoms with Crippen molar-refractivity contribution in [2.75, 3.05) is 0 Å². The van der Waals surface area contributed by atoms with Gasteiger partial charge in [-0.2, -0.15) is 0 Å². The standard InChI is InChI=1S/H2O6/c1-3-5-6-4-2/h1-2H/i/hD. The molecule has 0 radical (unpaired) electrons. The molecule has 0 rings (SSSR count). The van der Waals surface area contributed by atoms with Crippen LogP contribution in [-0.4, -0.2) is 10.5 Å². The lowest BCUT2D eigenvalue weighted by molar-refractivity contribution is -0.749. The molecule has 0 fully saturated rings. The molecular formula is H2O6. The Morgan fingerprint density at radius 2 is 2.00 bits per heavy atom. The number of rotatable bonds is 4. The van der Waals surface area contributed by atoms with Crippen LogP contribution >= 0.6 is 0 Å². The molecule has 0 aliphatic rings. The van der Waals surface area contributed by atoms with Crippen LogP contribution in [0.5, 0.6) is 0 Å². The first-order valence-corrected chi connectivity index (χ1v) is 0.849. The van der Waals surface area contributed by atoms with Gasteiger partial charge >= 0.3 is 0 Å². The van der Waals surface area contributed by atoms with Gasteiger partial charge in [0.05, 0.1) is 0 Å². The molecule has 0 aromatic heterocycles. The highest BCUT2D eigenvalue weighted by atomic mass is 17.8. The monoisotopic (exact) mass is 99.0 g/mol. The first-order chi connectivity index (χ1) is 3.41. The minimum Gasteiger partial charge on any atom is -0.219 e. The molecular weight excluding hydrogens is 96.0 g/mol. The summed E-state index contributed by atoms with van der Waals surface area (Å²) in [5.41, 5.74) is 0. The molecule has 0 spiro atoms. The van der Waals surface area contributed by atoms with E-state index in [0.717, 1.165) is 0 Å². The summed E-state index contributed by atoms with van der Waals surface area (Å²) in [6, 6.07) is 0. The lowest BCUT2D eigenvalue weighted by Crippen LogP contribution is -1.90. The zero-order valence-electron chi connectivity index (χ0n) is 3.49. The van der Waals surface area contributed by atoms with E-state index in [9.17, 15) is 0 Å². The molecule has 0 saturated heterocycles. The van der Waals surface area contributed by atoms with Gasteiger partial charge in [-0.3, -0.25) is 0 Å². The van der Waals surface area contributed by atoms with Crippen molar-refractivity contribution in [1.82, 2.24) is 0 Å². The van der Waals surface area contributed by atoms with E-state index >= 15 is 0 Å². The van der Waals surface area contributed by atoms with Gasteiger partial charge in [0.15, 0.2) is 0 Å². The summed E-state index contributed by atoms with van der Waals surface area (Å²) in [4.78, 5) is 0. The van der Waals surface area contributed by atoms with Gasteiger partial charge in [-0.05, 0) is 20.2 Å². The third-order valence-electron chi connectivity index (χ3n) is 0.0860. The second kappa shape index (κ2) is 4.76. The maximum Gasteiger partial charge on any atom is 0.258 e. The molecule has 0 aromatic carbocycles. The molecule has 0 saturated carbocycles. The lowest BCUT2D eigenvalue weighted by atomic mass is 14.2. The van der Waals surface area contributed by atoms with Gasteiger partial charge in [0, 0.05) is 0 Å².